The van der Waals surface area contributed by atoms with E-state index in [-0.39, 0.29) is 37.0 Å². The summed E-state index contributed by atoms with van der Waals surface area (Å²) in [6.07, 6.45) is 0.334. The molecule has 6 heteroatoms. The van der Waals surface area contributed by atoms with Gasteiger partial charge in [-0.15, -0.1) is 0 Å². The van der Waals surface area contributed by atoms with E-state index in [0.717, 1.165) is 33.3 Å². The molecule has 0 aliphatic rings. The Morgan fingerprint density at radius 2 is 1.62 bits per heavy atom. The number of aryl methyl sites for hydroxylation is 3. The summed E-state index contributed by atoms with van der Waals surface area (Å²) in [7, 11) is 3.34. The van der Waals surface area contributed by atoms with Gasteiger partial charge in [-0.05, 0) is 62.6 Å². The molecule has 1 N–H and O–H groups in total. The number of carbonyl (C=O) groups is 2. The van der Waals surface area contributed by atoms with Crippen molar-refractivity contribution in [3.63, 3.8) is 0 Å². The van der Waals surface area contributed by atoms with E-state index in [4.69, 9.17) is 0 Å². The topological polar surface area (TPSA) is 74.9 Å². The number of hydrogen-bond donors (Lipinski definition) is 1. The molecule has 6 nitrogen and oxygen atoms in total. The van der Waals surface area contributed by atoms with Gasteiger partial charge in [0, 0.05) is 43.7 Å². The fraction of sp³-hybridized carbons (Fsp3) is 0.346. The zero-order valence-electron chi connectivity index (χ0n) is 19.7. The Morgan fingerprint density at radius 3 is 2.25 bits per heavy atom. The van der Waals surface area contributed by atoms with Gasteiger partial charge in [0.2, 0.25) is 11.8 Å². The maximum atomic E-state index is 12.3. The first kappa shape index (κ1) is 23.3. The van der Waals surface area contributed by atoms with E-state index in [1.54, 1.807) is 21.0 Å². The van der Waals surface area contributed by atoms with Gasteiger partial charge in [0.05, 0.1) is 17.6 Å². The molecule has 1 aromatic heterocycles. The molecular formula is C26H31N3O3. The molecule has 1 heterocycles. The predicted molar refractivity (Wildman–Crippen MR) is 129 cm³/mol. The third-order valence-electron chi connectivity index (χ3n) is 5.53. The zero-order chi connectivity index (χ0) is 23.6. The largest absolute Gasteiger partial charge is 0.494 e. The molecule has 0 bridgehead atoms. The maximum Gasteiger partial charge on any atom is 0.222 e. The van der Waals surface area contributed by atoms with Gasteiger partial charge in [0.15, 0.2) is 5.78 Å². The molecule has 0 saturated carbocycles. The number of aromatic hydroxyl groups is 1. The second kappa shape index (κ2) is 9.39. The number of Topliss-reactive ketones (excluding diaryl/α,β-unsaturated/α-hetero) is 1. The SMILES string of the molecule is CC(=NCC(=O)CCC(=O)N(C)C)c1c(O)n(-c2cc(C)cc(C)c2)c2cc(C)ccc12. The summed E-state index contributed by atoms with van der Waals surface area (Å²) >= 11 is 0. The number of rotatable bonds is 7. The molecule has 2 aromatic carbocycles. The van der Waals surface area contributed by atoms with Crippen LogP contribution in [0.15, 0.2) is 41.4 Å². The van der Waals surface area contributed by atoms with Gasteiger partial charge in [-0.1, -0.05) is 18.2 Å². The van der Waals surface area contributed by atoms with Crippen molar-refractivity contribution in [1.82, 2.24) is 9.47 Å². The maximum absolute atomic E-state index is 12.3. The monoisotopic (exact) mass is 433 g/mol. The normalized spacial score (nSPS) is 11.8. The Kier molecular flexibility index (Phi) is 6.82. The number of aliphatic imine (C=N–C) groups is 1. The van der Waals surface area contributed by atoms with Gasteiger partial charge >= 0.3 is 0 Å². The molecule has 3 aromatic rings. The molecule has 0 unspecified atom stereocenters. The first-order valence-corrected chi connectivity index (χ1v) is 10.7. The minimum Gasteiger partial charge on any atom is -0.494 e. The molecule has 0 saturated heterocycles. The van der Waals surface area contributed by atoms with Crippen LogP contribution in [-0.4, -0.2) is 52.6 Å². The van der Waals surface area contributed by atoms with E-state index in [9.17, 15) is 14.7 Å². The molecule has 0 atom stereocenters. The van der Waals surface area contributed by atoms with Crippen molar-refractivity contribution in [2.75, 3.05) is 20.6 Å². The van der Waals surface area contributed by atoms with Crippen LogP contribution >= 0.6 is 0 Å². The number of nitrogens with zero attached hydrogens (tertiary/aromatic N) is 3. The highest BCUT2D eigenvalue weighted by Crippen LogP contribution is 2.36. The summed E-state index contributed by atoms with van der Waals surface area (Å²) in [6.45, 7) is 7.87. The Morgan fingerprint density at radius 1 is 0.969 bits per heavy atom. The Bertz CT molecular complexity index is 1200. The number of amides is 1. The highest BCUT2D eigenvalue weighted by Gasteiger charge is 2.20. The van der Waals surface area contributed by atoms with Gasteiger partial charge in [-0.2, -0.15) is 0 Å². The molecule has 0 fully saturated rings. The van der Waals surface area contributed by atoms with Gasteiger partial charge in [0.25, 0.3) is 0 Å². The van der Waals surface area contributed by atoms with E-state index >= 15 is 0 Å². The summed E-state index contributed by atoms with van der Waals surface area (Å²) in [5, 5.41) is 12.1. The van der Waals surface area contributed by atoms with Gasteiger partial charge < -0.3 is 10.0 Å². The molecule has 0 radical (unpaired) electrons. The molecule has 0 aliphatic carbocycles. The summed E-state index contributed by atoms with van der Waals surface area (Å²) in [6, 6.07) is 12.2. The summed E-state index contributed by atoms with van der Waals surface area (Å²) in [5.74, 6) is -0.0800. The van der Waals surface area contributed by atoms with Crippen LogP contribution in [-0.2, 0) is 9.59 Å². The molecule has 168 valence electrons. The molecule has 32 heavy (non-hydrogen) atoms. The van der Waals surface area contributed by atoms with Crippen LogP contribution in [0.25, 0.3) is 16.6 Å². The van der Waals surface area contributed by atoms with E-state index in [1.807, 2.05) is 55.7 Å². The quantitative estimate of drug-likeness (QED) is 0.557. The average molecular weight is 434 g/mol. The fourth-order valence-electron chi connectivity index (χ4n) is 3.92. The summed E-state index contributed by atoms with van der Waals surface area (Å²) in [4.78, 5) is 29.9. The van der Waals surface area contributed by atoms with E-state index in [2.05, 4.69) is 11.1 Å². The van der Waals surface area contributed by atoms with Crippen molar-refractivity contribution in [2.45, 2.75) is 40.5 Å². The van der Waals surface area contributed by atoms with Crippen LogP contribution in [0.1, 0.15) is 42.0 Å². The smallest absolute Gasteiger partial charge is 0.222 e. The second-order valence-corrected chi connectivity index (χ2v) is 8.63. The van der Waals surface area contributed by atoms with Gasteiger partial charge in [-0.3, -0.25) is 19.1 Å². The highest BCUT2D eigenvalue weighted by atomic mass is 16.3. The van der Waals surface area contributed by atoms with Crippen molar-refractivity contribution >= 4 is 28.3 Å². The molecule has 3 rings (SSSR count). The summed E-state index contributed by atoms with van der Waals surface area (Å²) < 4.78 is 1.84. The number of aromatic nitrogens is 1. The average Bonchev–Trinajstić information content (AvgIpc) is 3.00. The van der Waals surface area contributed by atoms with Crippen molar-refractivity contribution in [3.05, 3.63) is 58.7 Å². The van der Waals surface area contributed by atoms with Gasteiger partial charge in [0.1, 0.15) is 0 Å². The van der Waals surface area contributed by atoms with Crippen LogP contribution < -0.4 is 0 Å². The molecule has 1 amide bonds. The molecular weight excluding hydrogens is 402 g/mol. The van der Waals surface area contributed by atoms with E-state index < -0.39 is 0 Å². The number of benzene rings is 2. The van der Waals surface area contributed by atoms with Crippen molar-refractivity contribution in [3.8, 4) is 11.6 Å². The standard InChI is InChI=1S/C26H31N3O3/c1-16-7-9-22-23(14-16)29(20-12-17(2)11-18(3)13-20)26(32)25(22)19(4)27-15-21(30)8-10-24(31)28(5)6/h7,9,11-14,32H,8,10,15H2,1-6H3. The van der Waals surface area contributed by atoms with Crippen molar-refractivity contribution in [2.24, 2.45) is 4.99 Å². The third-order valence-corrected chi connectivity index (χ3v) is 5.53. The second-order valence-electron chi connectivity index (χ2n) is 8.63. The molecule has 0 aliphatic heterocycles. The number of hydrogen-bond acceptors (Lipinski definition) is 4. The fourth-order valence-corrected chi connectivity index (χ4v) is 3.92. The first-order valence-electron chi connectivity index (χ1n) is 10.7. The third kappa shape index (κ3) is 4.90. The number of carbonyl (C=O) groups excluding carboxylic acids is 2. The van der Waals surface area contributed by atoms with Crippen LogP contribution in [0.4, 0.5) is 0 Å². The van der Waals surface area contributed by atoms with Crippen molar-refractivity contribution in [1.29, 1.82) is 0 Å². The van der Waals surface area contributed by atoms with E-state index in [0.29, 0.717) is 11.3 Å². The van der Waals surface area contributed by atoms with Crippen LogP contribution in [0.2, 0.25) is 0 Å². The lowest BCUT2D eigenvalue weighted by atomic mass is 10.1. The van der Waals surface area contributed by atoms with Crippen molar-refractivity contribution < 1.29 is 14.7 Å². The lowest BCUT2D eigenvalue weighted by Gasteiger charge is -2.10. The minimum absolute atomic E-state index is 0.0198. The summed E-state index contributed by atoms with van der Waals surface area (Å²) in [5.41, 5.74) is 6.29. The number of ketones is 1. The number of fused-ring (bicyclic) bond motifs is 1. The van der Waals surface area contributed by atoms with Gasteiger partial charge in [-0.25, -0.2) is 0 Å². The lowest BCUT2D eigenvalue weighted by molar-refractivity contribution is -0.130. The lowest BCUT2D eigenvalue weighted by Crippen LogP contribution is -2.22. The zero-order valence-corrected chi connectivity index (χ0v) is 19.7. The Hall–Kier alpha value is -3.41. The van der Waals surface area contributed by atoms with Crippen LogP contribution in [0, 0.1) is 20.8 Å². The Balaban J connectivity index is 2.00. The minimum atomic E-state index is -0.104. The van der Waals surface area contributed by atoms with E-state index in [1.165, 1.54) is 4.90 Å². The highest BCUT2D eigenvalue weighted by molar-refractivity contribution is 6.13. The predicted octanol–water partition coefficient (Wildman–Crippen LogP) is 4.51. The first-order chi connectivity index (χ1) is 15.1. The van der Waals surface area contributed by atoms with Crippen LogP contribution in [0.5, 0.6) is 5.88 Å². The van der Waals surface area contributed by atoms with Crippen LogP contribution in [0.3, 0.4) is 0 Å². The molecule has 0 spiro atoms. The Labute approximate surface area is 189 Å².